The predicted octanol–water partition coefficient (Wildman–Crippen LogP) is 3.24. The van der Waals surface area contributed by atoms with E-state index < -0.39 is 0 Å². The Labute approximate surface area is 145 Å². The van der Waals surface area contributed by atoms with E-state index in [0.717, 1.165) is 17.7 Å². The van der Waals surface area contributed by atoms with Crippen molar-refractivity contribution in [2.45, 2.75) is 32.4 Å². The van der Waals surface area contributed by atoms with Crippen LogP contribution in [-0.2, 0) is 16.0 Å². The summed E-state index contributed by atoms with van der Waals surface area (Å²) in [6.45, 7) is 5.54. The Morgan fingerprint density at radius 1 is 1.29 bits per heavy atom. The van der Waals surface area contributed by atoms with Gasteiger partial charge in [-0.1, -0.05) is 30.3 Å². The lowest BCUT2D eigenvalue weighted by atomic mass is 10.1. The lowest BCUT2D eigenvalue weighted by Crippen LogP contribution is -2.25. The van der Waals surface area contributed by atoms with Gasteiger partial charge in [-0.15, -0.1) is 11.8 Å². The Morgan fingerprint density at radius 3 is 2.71 bits per heavy atom. The van der Waals surface area contributed by atoms with Gasteiger partial charge >= 0.3 is 0 Å². The van der Waals surface area contributed by atoms with Crippen LogP contribution < -0.4 is 10.6 Å². The molecule has 6 nitrogen and oxygen atoms in total. The summed E-state index contributed by atoms with van der Waals surface area (Å²) in [5.74, 6) is 0.864. The lowest BCUT2D eigenvalue weighted by Gasteiger charge is -2.12. The third-order valence-corrected chi connectivity index (χ3v) is 4.53. The lowest BCUT2D eigenvalue weighted by molar-refractivity contribution is -0.115. The maximum Gasteiger partial charge on any atom is 0.238 e. The molecule has 0 spiro atoms. The van der Waals surface area contributed by atoms with E-state index in [9.17, 15) is 9.59 Å². The summed E-state index contributed by atoms with van der Waals surface area (Å²) in [5, 5.41) is 8.88. The van der Waals surface area contributed by atoms with Gasteiger partial charge < -0.3 is 15.2 Å². The van der Waals surface area contributed by atoms with Crippen molar-refractivity contribution in [1.82, 2.24) is 5.16 Å². The predicted molar refractivity (Wildman–Crippen MR) is 96.2 cm³/mol. The first-order chi connectivity index (χ1) is 11.5. The molecule has 7 heteroatoms. The molecule has 0 saturated heterocycles. The zero-order chi connectivity index (χ0) is 17.5. The first kappa shape index (κ1) is 18.1. The molecule has 0 saturated carbocycles. The highest BCUT2D eigenvalue weighted by Gasteiger charge is 2.17. The van der Waals surface area contributed by atoms with E-state index >= 15 is 0 Å². The van der Waals surface area contributed by atoms with Gasteiger partial charge in [0, 0.05) is 11.8 Å². The zero-order valence-electron chi connectivity index (χ0n) is 14.0. The molecular weight excluding hydrogens is 326 g/mol. The topological polar surface area (TPSA) is 84.2 Å². The second kappa shape index (κ2) is 8.54. The molecule has 0 aliphatic carbocycles. The Morgan fingerprint density at radius 2 is 2.04 bits per heavy atom. The quantitative estimate of drug-likeness (QED) is 0.803. The molecule has 1 aromatic carbocycles. The normalized spacial score (nSPS) is 11.8. The fraction of sp³-hybridized carbons (Fsp3) is 0.353. The van der Waals surface area contributed by atoms with Crippen molar-refractivity contribution in [2.24, 2.45) is 0 Å². The summed E-state index contributed by atoms with van der Waals surface area (Å²) >= 11 is 1.27. The fourth-order valence-corrected chi connectivity index (χ4v) is 2.75. The molecule has 0 radical (unpaired) electrons. The van der Waals surface area contributed by atoms with Gasteiger partial charge in [0.25, 0.3) is 0 Å². The van der Waals surface area contributed by atoms with Crippen molar-refractivity contribution >= 4 is 35.1 Å². The van der Waals surface area contributed by atoms with Crippen LogP contribution in [0.1, 0.15) is 25.2 Å². The van der Waals surface area contributed by atoms with E-state index in [0.29, 0.717) is 11.6 Å². The number of nitrogens with one attached hydrogen (secondary N) is 2. The summed E-state index contributed by atoms with van der Waals surface area (Å²) in [6.07, 6.45) is 0.847. The molecule has 24 heavy (non-hydrogen) atoms. The second-order valence-corrected chi connectivity index (χ2v) is 6.65. The van der Waals surface area contributed by atoms with Gasteiger partial charge in [-0.3, -0.25) is 9.59 Å². The van der Waals surface area contributed by atoms with Crippen LogP contribution in [0, 0.1) is 6.92 Å². The number of benzene rings is 1. The van der Waals surface area contributed by atoms with Gasteiger partial charge in [0.1, 0.15) is 5.76 Å². The molecule has 128 valence electrons. The van der Waals surface area contributed by atoms with Crippen LogP contribution in [-0.4, -0.2) is 28.0 Å². The van der Waals surface area contributed by atoms with Gasteiger partial charge in [-0.05, 0) is 31.9 Å². The third-order valence-electron chi connectivity index (χ3n) is 3.39. The molecule has 0 unspecified atom stereocenters. The molecule has 1 aromatic heterocycles. The minimum absolute atomic E-state index is 0.127. The highest BCUT2D eigenvalue weighted by Crippen LogP contribution is 2.18. The summed E-state index contributed by atoms with van der Waals surface area (Å²) in [4.78, 5) is 24.1. The molecule has 1 heterocycles. The fourth-order valence-electron chi connectivity index (χ4n) is 2.07. The van der Waals surface area contributed by atoms with Crippen LogP contribution in [0.15, 0.2) is 34.9 Å². The van der Waals surface area contributed by atoms with Crippen molar-refractivity contribution in [2.75, 3.05) is 16.4 Å². The number of amides is 2. The van der Waals surface area contributed by atoms with Gasteiger partial charge in [0.15, 0.2) is 5.82 Å². The second-order valence-electron chi connectivity index (χ2n) is 5.32. The van der Waals surface area contributed by atoms with Crippen LogP contribution in [0.25, 0.3) is 0 Å². The number of aromatic nitrogens is 1. The Balaban J connectivity index is 1.81. The molecule has 1 atom stereocenters. The summed E-state index contributed by atoms with van der Waals surface area (Å²) in [7, 11) is 0. The number of carbonyl (C=O) groups is 2. The number of thioether (sulfide) groups is 1. The van der Waals surface area contributed by atoms with E-state index in [4.69, 9.17) is 4.52 Å². The highest BCUT2D eigenvalue weighted by molar-refractivity contribution is 8.01. The smallest absolute Gasteiger partial charge is 0.238 e. The molecule has 2 aromatic rings. The Bertz CT molecular complexity index is 715. The van der Waals surface area contributed by atoms with Crippen molar-refractivity contribution in [3.8, 4) is 0 Å². The van der Waals surface area contributed by atoms with Crippen molar-refractivity contribution in [1.29, 1.82) is 0 Å². The Hall–Kier alpha value is -2.28. The monoisotopic (exact) mass is 347 g/mol. The van der Waals surface area contributed by atoms with E-state index in [1.165, 1.54) is 11.8 Å². The van der Waals surface area contributed by atoms with E-state index in [-0.39, 0.29) is 22.8 Å². The molecule has 2 rings (SSSR count). The van der Waals surface area contributed by atoms with Crippen LogP contribution in [0.4, 0.5) is 11.5 Å². The number of para-hydroxylation sites is 1. The van der Waals surface area contributed by atoms with E-state index in [2.05, 4.69) is 15.8 Å². The minimum Gasteiger partial charge on any atom is -0.360 e. The molecule has 0 fully saturated rings. The van der Waals surface area contributed by atoms with Crippen molar-refractivity contribution in [3.05, 3.63) is 41.7 Å². The number of hydrogen-bond donors (Lipinski definition) is 2. The van der Waals surface area contributed by atoms with Crippen LogP contribution in [0.2, 0.25) is 0 Å². The number of hydrogen-bond acceptors (Lipinski definition) is 5. The number of aryl methyl sites for hydroxylation is 2. The highest BCUT2D eigenvalue weighted by atomic mass is 32.2. The molecular formula is C17H21N3O3S. The van der Waals surface area contributed by atoms with Crippen LogP contribution in [0.5, 0.6) is 0 Å². The first-order valence-electron chi connectivity index (χ1n) is 7.73. The number of carbonyl (C=O) groups excluding carboxylic acids is 2. The first-order valence-corrected chi connectivity index (χ1v) is 8.78. The standard InChI is InChI=1S/C17H21N3O3S/c1-4-13-7-5-6-8-14(13)18-16(21)10-24-12(3)17(22)19-15-9-11(2)23-20-15/h5-9,12H,4,10H2,1-3H3,(H,18,21)(H,19,20,22)/t12-/m0/s1. The zero-order valence-corrected chi connectivity index (χ0v) is 14.8. The SMILES string of the molecule is CCc1ccccc1NC(=O)CS[C@@H](C)C(=O)Nc1cc(C)on1. The Kier molecular flexibility index (Phi) is 6.43. The van der Waals surface area contributed by atoms with Crippen LogP contribution >= 0.6 is 11.8 Å². The number of anilines is 2. The summed E-state index contributed by atoms with van der Waals surface area (Å²) in [5.41, 5.74) is 1.91. The maximum atomic E-state index is 12.1. The molecule has 2 amide bonds. The van der Waals surface area contributed by atoms with Gasteiger partial charge in [0.05, 0.1) is 11.0 Å². The van der Waals surface area contributed by atoms with Gasteiger partial charge in [-0.2, -0.15) is 0 Å². The number of rotatable bonds is 7. The average Bonchev–Trinajstić information content (AvgIpc) is 2.98. The molecule has 0 aliphatic heterocycles. The summed E-state index contributed by atoms with van der Waals surface area (Å²) in [6, 6.07) is 9.34. The molecule has 2 N–H and O–H groups in total. The van der Waals surface area contributed by atoms with Crippen LogP contribution in [0.3, 0.4) is 0 Å². The minimum atomic E-state index is -0.380. The average molecular weight is 347 g/mol. The van der Waals surface area contributed by atoms with Gasteiger partial charge in [-0.25, -0.2) is 0 Å². The molecule has 0 aliphatic rings. The third kappa shape index (κ3) is 5.13. The largest absolute Gasteiger partial charge is 0.360 e. The maximum absolute atomic E-state index is 12.1. The van der Waals surface area contributed by atoms with Crippen molar-refractivity contribution < 1.29 is 14.1 Å². The van der Waals surface area contributed by atoms with E-state index in [1.807, 2.05) is 31.2 Å². The van der Waals surface area contributed by atoms with Gasteiger partial charge in [0.2, 0.25) is 11.8 Å². The van der Waals surface area contributed by atoms with Crippen molar-refractivity contribution in [3.63, 3.8) is 0 Å². The number of nitrogens with zero attached hydrogens (tertiary/aromatic N) is 1. The summed E-state index contributed by atoms with van der Waals surface area (Å²) < 4.78 is 4.90. The van der Waals surface area contributed by atoms with E-state index in [1.54, 1.807) is 19.9 Å². The molecule has 0 bridgehead atoms.